The lowest BCUT2D eigenvalue weighted by Gasteiger charge is -2.23. The van der Waals surface area contributed by atoms with Crippen LogP contribution in [-0.4, -0.2) is 16.1 Å². The number of nitriles is 1. The average molecular weight is 324 g/mol. The topological polar surface area (TPSA) is 74.0 Å². The number of carbonyl (C=O) groups is 1. The third kappa shape index (κ3) is 3.08. The van der Waals surface area contributed by atoms with E-state index >= 15 is 0 Å². The number of rotatable bonds is 5. The van der Waals surface area contributed by atoms with Gasteiger partial charge in [0.05, 0.1) is 18.1 Å². The van der Waals surface area contributed by atoms with Crippen LogP contribution in [0.3, 0.4) is 0 Å². The van der Waals surface area contributed by atoms with E-state index in [4.69, 9.17) is 23.0 Å². The summed E-state index contributed by atoms with van der Waals surface area (Å²) < 4.78 is 0. The number of aromatic nitrogens is 1. The first-order valence-corrected chi connectivity index (χ1v) is 7.92. The second kappa shape index (κ2) is 6.05. The molecule has 23 heavy (non-hydrogen) atoms. The minimum absolute atomic E-state index is 0.135. The molecule has 1 saturated carbocycles. The van der Waals surface area contributed by atoms with E-state index in [0.717, 1.165) is 29.5 Å². The lowest BCUT2D eigenvalue weighted by molar-refractivity contribution is -0.138. The molecule has 4 nitrogen and oxygen atoms in total. The molecule has 1 aromatic carbocycles. The standard InChI is InChI=1S/C18H16N2O2S/c19-10-12-1-3-13(4-2-12)15-11-20-8-5-14(15)17(23)18(6-7-18)9-16(21)22/h1-5,8,11,17,23H,6-7,9H2,(H,21,22). The summed E-state index contributed by atoms with van der Waals surface area (Å²) in [5, 5.41) is 17.9. The Balaban J connectivity index is 1.98. The fourth-order valence-electron chi connectivity index (χ4n) is 2.95. The molecule has 0 aliphatic heterocycles. The molecule has 1 aromatic heterocycles. The number of aliphatic carboxylic acids is 1. The van der Waals surface area contributed by atoms with E-state index in [1.165, 1.54) is 0 Å². The van der Waals surface area contributed by atoms with Gasteiger partial charge in [-0.25, -0.2) is 0 Å². The molecule has 1 heterocycles. The van der Waals surface area contributed by atoms with Crippen LogP contribution in [0.15, 0.2) is 42.7 Å². The Labute approximate surface area is 140 Å². The summed E-state index contributed by atoms with van der Waals surface area (Å²) in [6.07, 6.45) is 5.38. The SMILES string of the molecule is N#Cc1ccc(-c2cnccc2C(S)C2(CC(=O)O)CC2)cc1. The number of hydrogen-bond acceptors (Lipinski definition) is 4. The molecular formula is C18H16N2O2S. The number of carboxylic acid groups (broad SMARTS) is 1. The van der Waals surface area contributed by atoms with E-state index < -0.39 is 5.97 Å². The Hall–Kier alpha value is -2.32. The highest BCUT2D eigenvalue weighted by molar-refractivity contribution is 7.80. The number of benzene rings is 1. The molecule has 116 valence electrons. The molecule has 1 aliphatic rings. The molecule has 0 radical (unpaired) electrons. The van der Waals surface area contributed by atoms with Gasteiger partial charge in [0.2, 0.25) is 0 Å². The van der Waals surface area contributed by atoms with Gasteiger partial charge in [0.1, 0.15) is 0 Å². The van der Waals surface area contributed by atoms with E-state index in [0.29, 0.717) is 5.56 Å². The first kappa shape index (κ1) is 15.6. The van der Waals surface area contributed by atoms with Crippen molar-refractivity contribution in [2.24, 2.45) is 5.41 Å². The average Bonchev–Trinajstić information content (AvgIpc) is 3.34. The minimum Gasteiger partial charge on any atom is -0.481 e. The first-order chi connectivity index (χ1) is 11.1. The molecule has 1 N–H and O–H groups in total. The molecule has 0 spiro atoms. The predicted molar refractivity (Wildman–Crippen MR) is 90.0 cm³/mol. The number of carboxylic acids is 1. The van der Waals surface area contributed by atoms with Crippen molar-refractivity contribution in [1.29, 1.82) is 5.26 Å². The van der Waals surface area contributed by atoms with Crippen molar-refractivity contribution >= 4 is 18.6 Å². The van der Waals surface area contributed by atoms with Crippen LogP contribution in [0.25, 0.3) is 11.1 Å². The third-order valence-corrected chi connectivity index (χ3v) is 5.28. The summed E-state index contributed by atoms with van der Waals surface area (Å²) >= 11 is 4.75. The molecule has 2 aromatic rings. The van der Waals surface area contributed by atoms with Crippen LogP contribution in [0.1, 0.15) is 35.6 Å². The van der Waals surface area contributed by atoms with Gasteiger partial charge in [-0.1, -0.05) is 12.1 Å². The van der Waals surface area contributed by atoms with Crippen molar-refractivity contribution in [2.75, 3.05) is 0 Å². The maximum absolute atomic E-state index is 11.1. The summed E-state index contributed by atoms with van der Waals surface area (Å²) in [4.78, 5) is 15.3. The highest BCUT2D eigenvalue weighted by atomic mass is 32.1. The third-order valence-electron chi connectivity index (χ3n) is 4.45. The summed E-state index contributed by atoms with van der Waals surface area (Å²) in [5.74, 6) is -0.782. The monoisotopic (exact) mass is 324 g/mol. The molecule has 1 unspecified atom stereocenters. The van der Waals surface area contributed by atoms with Crippen molar-refractivity contribution < 1.29 is 9.90 Å². The van der Waals surface area contributed by atoms with Crippen molar-refractivity contribution in [2.45, 2.75) is 24.5 Å². The number of thiol groups is 1. The summed E-state index contributed by atoms with van der Waals surface area (Å²) in [5.41, 5.74) is 3.22. The number of hydrogen-bond donors (Lipinski definition) is 2. The normalized spacial score (nSPS) is 16.3. The molecule has 1 fully saturated rings. The van der Waals surface area contributed by atoms with Gasteiger partial charge in [-0.3, -0.25) is 9.78 Å². The molecule has 3 rings (SSSR count). The fraction of sp³-hybridized carbons (Fsp3) is 0.278. The Bertz CT molecular complexity index is 776. The second-order valence-electron chi connectivity index (χ2n) is 5.99. The van der Waals surface area contributed by atoms with Crippen LogP contribution in [0.5, 0.6) is 0 Å². The summed E-state index contributed by atoms with van der Waals surface area (Å²) in [7, 11) is 0. The molecular weight excluding hydrogens is 308 g/mol. The van der Waals surface area contributed by atoms with Gasteiger partial charge in [-0.05, 0) is 47.6 Å². The first-order valence-electron chi connectivity index (χ1n) is 7.40. The van der Waals surface area contributed by atoms with E-state index in [1.807, 2.05) is 18.2 Å². The highest BCUT2D eigenvalue weighted by Gasteiger charge is 2.50. The Kier molecular flexibility index (Phi) is 4.10. The van der Waals surface area contributed by atoms with Gasteiger partial charge in [-0.15, -0.1) is 0 Å². The van der Waals surface area contributed by atoms with Gasteiger partial charge in [-0.2, -0.15) is 17.9 Å². The van der Waals surface area contributed by atoms with Gasteiger partial charge in [0.25, 0.3) is 0 Å². The molecule has 0 bridgehead atoms. The lowest BCUT2D eigenvalue weighted by atomic mass is 9.88. The molecule has 5 heteroatoms. The molecule has 0 amide bonds. The van der Waals surface area contributed by atoms with Crippen LogP contribution < -0.4 is 0 Å². The van der Waals surface area contributed by atoms with Crippen LogP contribution in [-0.2, 0) is 4.79 Å². The summed E-state index contributed by atoms with van der Waals surface area (Å²) in [6.45, 7) is 0. The summed E-state index contributed by atoms with van der Waals surface area (Å²) in [6, 6.07) is 11.3. The van der Waals surface area contributed by atoms with E-state index in [9.17, 15) is 4.79 Å². The van der Waals surface area contributed by atoms with Gasteiger partial charge in [0.15, 0.2) is 0 Å². The molecule has 1 aliphatic carbocycles. The van der Waals surface area contributed by atoms with Crippen molar-refractivity contribution in [1.82, 2.24) is 4.98 Å². The van der Waals surface area contributed by atoms with Gasteiger partial charge < -0.3 is 5.11 Å². The molecule has 1 atom stereocenters. The van der Waals surface area contributed by atoms with Crippen LogP contribution in [0.2, 0.25) is 0 Å². The zero-order chi connectivity index (χ0) is 16.4. The van der Waals surface area contributed by atoms with Crippen molar-refractivity contribution in [3.8, 4) is 17.2 Å². The van der Waals surface area contributed by atoms with Gasteiger partial charge in [0, 0.05) is 23.2 Å². The lowest BCUT2D eigenvalue weighted by Crippen LogP contribution is -2.15. The quantitative estimate of drug-likeness (QED) is 0.819. The fourth-order valence-corrected chi connectivity index (χ4v) is 3.52. The Morgan fingerprint density at radius 2 is 2.04 bits per heavy atom. The zero-order valence-electron chi connectivity index (χ0n) is 12.4. The Morgan fingerprint density at radius 3 is 2.61 bits per heavy atom. The van der Waals surface area contributed by atoms with Crippen molar-refractivity contribution in [3.63, 3.8) is 0 Å². The minimum atomic E-state index is -0.782. The number of nitrogens with zero attached hydrogens (tertiary/aromatic N) is 2. The zero-order valence-corrected chi connectivity index (χ0v) is 13.3. The smallest absolute Gasteiger partial charge is 0.303 e. The van der Waals surface area contributed by atoms with Crippen molar-refractivity contribution in [3.05, 3.63) is 53.9 Å². The van der Waals surface area contributed by atoms with E-state index in [2.05, 4.69) is 11.1 Å². The highest BCUT2D eigenvalue weighted by Crippen LogP contribution is 2.61. The van der Waals surface area contributed by atoms with Crippen LogP contribution >= 0.6 is 12.6 Å². The second-order valence-corrected chi connectivity index (χ2v) is 6.50. The van der Waals surface area contributed by atoms with Gasteiger partial charge >= 0.3 is 5.97 Å². The van der Waals surface area contributed by atoms with Crippen LogP contribution in [0, 0.1) is 16.7 Å². The molecule has 0 saturated heterocycles. The maximum Gasteiger partial charge on any atom is 0.303 e. The largest absolute Gasteiger partial charge is 0.481 e. The maximum atomic E-state index is 11.1. The van der Waals surface area contributed by atoms with E-state index in [1.54, 1.807) is 24.5 Å². The van der Waals surface area contributed by atoms with Crippen LogP contribution in [0.4, 0.5) is 0 Å². The predicted octanol–water partition coefficient (Wildman–Crippen LogP) is 3.85. The number of pyridine rings is 1. The Morgan fingerprint density at radius 1 is 1.35 bits per heavy atom. The van der Waals surface area contributed by atoms with E-state index in [-0.39, 0.29) is 17.1 Å².